The maximum atomic E-state index is 12.0. The van der Waals surface area contributed by atoms with Gasteiger partial charge in [-0.25, -0.2) is 10.4 Å². The monoisotopic (exact) mass is 370 g/mol. The number of aromatic nitrogens is 2. The van der Waals surface area contributed by atoms with Crippen LogP contribution in [0.4, 0.5) is 0 Å². The van der Waals surface area contributed by atoms with E-state index in [0.29, 0.717) is 5.56 Å². The van der Waals surface area contributed by atoms with Gasteiger partial charge in [-0.05, 0) is 31.2 Å². The Morgan fingerprint density at radius 3 is 2.88 bits per heavy atom. The highest BCUT2D eigenvalue weighted by molar-refractivity contribution is 7.99. The van der Waals surface area contributed by atoms with Crippen LogP contribution in [0, 0.1) is 0 Å². The number of thioether (sulfide) groups is 1. The number of aromatic hydroxyl groups is 2. The molecule has 8 heteroatoms. The van der Waals surface area contributed by atoms with E-state index < -0.39 is 0 Å². The van der Waals surface area contributed by atoms with Crippen molar-refractivity contribution in [3.63, 3.8) is 0 Å². The Morgan fingerprint density at radius 1 is 1.31 bits per heavy atom. The molecule has 1 heterocycles. The molecule has 0 fully saturated rings. The molecule has 0 saturated heterocycles. The second-order valence-electron chi connectivity index (χ2n) is 5.45. The first-order valence-electron chi connectivity index (χ1n) is 8.00. The minimum atomic E-state index is -0.278. The summed E-state index contributed by atoms with van der Waals surface area (Å²) in [5.74, 6) is -0.269. The Hall–Kier alpha value is -3.00. The van der Waals surface area contributed by atoms with Crippen molar-refractivity contribution in [3.05, 3.63) is 48.0 Å². The number of amides is 1. The fourth-order valence-corrected chi connectivity index (χ4v) is 3.32. The number of carbonyl (C=O) groups is 1. The molecule has 3 aromatic rings. The van der Waals surface area contributed by atoms with Gasteiger partial charge in [0.2, 0.25) is 0 Å². The van der Waals surface area contributed by atoms with Gasteiger partial charge >= 0.3 is 0 Å². The molecule has 0 spiro atoms. The predicted octanol–water partition coefficient (Wildman–Crippen LogP) is 2.71. The van der Waals surface area contributed by atoms with Crippen LogP contribution in [0.1, 0.15) is 12.5 Å². The van der Waals surface area contributed by atoms with Crippen LogP contribution in [0.15, 0.2) is 52.7 Å². The zero-order valence-electron chi connectivity index (χ0n) is 14.1. The third-order valence-electron chi connectivity index (χ3n) is 3.68. The van der Waals surface area contributed by atoms with E-state index in [4.69, 9.17) is 0 Å². The molecule has 3 rings (SSSR count). The Labute approximate surface area is 154 Å². The van der Waals surface area contributed by atoms with Gasteiger partial charge in [-0.1, -0.05) is 23.9 Å². The SMILES string of the molecule is CCn1c(SCC(=O)N/N=C\c2ccc(O)cc2O)nc2ccccc21. The number of hydrogen-bond donors (Lipinski definition) is 3. The number of benzene rings is 2. The van der Waals surface area contributed by atoms with E-state index in [1.54, 1.807) is 0 Å². The number of hydrogen-bond acceptors (Lipinski definition) is 6. The first kappa shape index (κ1) is 17.8. The Morgan fingerprint density at radius 2 is 2.12 bits per heavy atom. The third-order valence-corrected chi connectivity index (χ3v) is 4.65. The van der Waals surface area contributed by atoms with E-state index in [0.717, 1.165) is 22.7 Å². The standard InChI is InChI=1S/C18H18N4O3S/c1-2-22-15-6-4-3-5-14(15)20-18(22)26-11-17(25)21-19-10-12-7-8-13(23)9-16(12)24/h3-10,23-24H,2,11H2,1H3,(H,21,25)/b19-10-. The fourth-order valence-electron chi connectivity index (χ4n) is 2.45. The van der Waals surface area contributed by atoms with Gasteiger partial charge in [0.15, 0.2) is 5.16 Å². The molecule has 7 nitrogen and oxygen atoms in total. The number of rotatable bonds is 6. The Kier molecular flexibility index (Phi) is 5.43. The molecule has 0 aliphatic carbocycles. The molecule has 26 heavy (non-hydrogen) atoms. The maximum Gasteiger partial charge on any atom is 0.250 e. The lowest BCUT2D eigenvalue weighted by molar-refractivity contribution is -0.118. The van der Waals surface area contributed by atoms with Gasteiger partial charge < -0.3 is 14.8 Å². The third kappa shape index (κ3) is 3.97. The van der Waals surface area contributed by atoms with Gasteiger partial charge in [-0.15, -0.1) is 0 Å². The highest BCUT2D eigenvalue weighted by atomic mass is 32.2. The van der Waals surface area contributed by atoms with Gasteiger partial charge in [0.25, 0.3) is 5.91 Å². The molecule has 0 bridgehead atoms. The summed E-state index contributed by atoms with van der Waals surface area (Å²) in [6.45, 7) is 2.80. The van der Waals surface area contributed by atoms with Crippen molar-refractivity contribution < 1.29 is 15.0 Å². The summed E-state index contributed by atoms with van der Waals surface area (Å²) in [6, 6.07) is 12.0. The molecule has 0 aliphatic heterocycles. The molecule has 0 aliphatic rings. The zero-order valence-corrected chi connectivity index (χ0v) is 14.9. The number of para-hydroxylation sites is 2. The van der Waals surface area contributed by atoms with Crippen molar-refractivity contribution in [3.8, 4) is 11.5 Å². The lowest BCUT2D eigenvalue weighted by Gasteiger charge is -2.05. The van der Waals surface area contributed by atoms with E-state index in [9.17, 15) is 15.0 Å². The highest BCUT2D eigenvalue weighted by Crippen LogP contribution is 2.24. The Bertz CT molecular complexity index is 968. The molecule has 0 saturated carbocycles. The summed E-state index contributed by atoms with van der Waals surface area (Å²) in [5, 5.41) is 23.5. The van der Waals surface area contributed by atoms with E-state index in [1.165, 1.54) is 36.2 Å². The van der Waals surface area contributed by atoms with Gasteiger partial charge in [0, 0.05) is 18.2 Å². The molecule has 2 aromatic carbocycles. The number of phenolic OH excluding ortho intramolecular Hbond substituents is 2. The molecular weight excluding hydrogens is 352 g/mol. The van der Waals surface area contributed by atoms with Crippen LogP contribution in [0.5, 0.6) is 11.5 Å². The van der Waals surface area contributed by atoms with E-state index in [-0.39, 0.29) is 23.2 Å². The fraction of sp³-hybridized carbons (Fsp3) is 0.167. The molecule has 0 unspecified atom stereocenters. The molecule has 0 radical (unpaired) electrons. The van der Waals surface area contributed by atoms with Crippen molar-refractivity contribution >= 4 is 34.9 Å². The summed E-state index contributed by atoms with van der Waals surface area (Å²) in [6.07, 6.45) is 1.32. The summed E-state index contributed by atoms with van der Waals surface area (Å²) in [5.41, 5.74) is 4.75. The largest absolute Gasteiger partial charge is 0.508 e. The van der Waals surface area contributed by atoms with Gasteiger partial charge in [-0.3, -0.25) is 4.79 Å². The van der Waals surface area contributed by atoms with Gasteiger partial charge in [-0.2, -0.15) is 5.10 Å². The lowest BCUT2D eigenvalue weighted by atomic mass is 10.2. The average molecular weight is 370 g/mol. The second kappa shape index (κ2) is 7.92. The van der Waals surface area contributed by atoms with Gasteiger partial charge in [0.1, 0.15) is 11.5 Å². The number of nitrogens with zero attached hydrogens (tertiary/aromatic N) is 3. The van der Waals surface area contributed by atoms with Crippen molar-refractivity contribution in [2.45, 2.75) is 18.6 Å². The van der Waals surface area contributed by atoms with Crippen LogP contribution in [-0.4, -0.2) is 37.6 Å². The maximum absolute atomic E-state index is 12.0. The molecule has 134 valence electrons. The van der Waals surface area contributed by atoms with Crippen LogP contribution < -0.4 is 5.43 Å². The minimum absolute atomic E-state index is 0.0427. The molecule has 1 amide bonds. The highest BCUT2D eigenvalue weighted by Gasteiger charge is 2.11. The van der Waals surface area contributed by atoms with E-state index >= 15 is 0 Å². The molecule has 0 atom stereocenters. The number of fused-ring (bicyclic) bond motifs is 1. The minimum Gasteiger partial charge on any atom is -0.508 e. The van der Waals surface area contributed by atoms with Crippen molar-refractivity contribution in [2.75, 3.05) is 5.75 Å². The number of imidazole rings is 1. The lowest BCUT2D eigenvalue weighted by Crippen LogP contribution is -2.20. The van der Waals surface area contributed by atoms with Crippen LogP contribution in [0.2, 0.25) is 0 Å². The zero-order chi connectivity index (χ0) is 18.5. The van der Waals surface area contributed by atoms with Gasteiger partial charge in [0.05, 0.1) is 23.0 Å². The second-order valence-corrected chi connectivity index (χ2v) is 6.39. The first-order valence-corrected chi connectivity index (χ1v) is 8.99. The predicted molar refractivity (Wildman–Crippen MR) is 102 cm³/mol. The van der Waals surface area contributed by atoms with E-state index in [1.807, 2.05) is 31.2 Å². The summed E-state index contributed by atoms with van der Waals surface area (Å²) in [7, 11) is 0. The number of aryl methyl sites for hydroxylation is 1. The molecule has 1 aromatic heterocycles. The molecule has 3 N–H and O–H groups in total. The quantitative estimate of drug-likeness (QED) is 0.352. The summed E-state index contributed by atoms with van der Waals surface area (Å²) >= 11 is 1.34. The normalized spacial score (nSPS) is 11.3. The Balaban J connectivity index is 1.60. The van der Waals surface area contributed by atoms with Crippen molar-refractivity contribution in [1.82, 2.24) is 15.0 Å². The van der Waals surface area contributed by atoms with Crippen LogP contribution in [0.25, 0.3) is 11.0 Å². The first-order chi connectivity index (χ1) is 12.6. The van der Waals surface area contributed by atoms with Crippen molar-refractivity contribution in [2.24, 2.45) is 5.10 Å². The smallest absolute Gasteiger partial charge is 0.250 e. The number of carbonyl (C=O) groups excluding carboxylic acids is 1. The number of nitrogens with one attached hydrogen (secondary N) is 1. The number of phenols is 2. The van der Waals surface area contributed by atoms with Crippen LogP contribution in [0.3, 0.4) is 0 Å². The average Bonchev–Trinajstić information content (AvgIpc) is 2.99. The topological polar surface area (TPSA) is 99.7 Å². The molecular formula is C18H18N4O3S. The van der Waals surface area contributed by atoms with Crippen LogP contribution >= 0.6 is 11.8 Å². The summed E-state index contributed by atoms with van der Waals surface area (Å²) in [4.78, 5) is 16.5. The number of hydrazone groups is 1. The van der Waals surface area contributed by atoms with Crippen LogP contribution in [-0.2, 0) is 11.3 Å². The van der Waals surface area contributed by atoms with E-state index in [2.05, 4.69) is 20.1 Å². The summed E-state index contributed by atoms with van der Waals surface area (Å²) < 4.78 is 2.06. The van der Waals surface area contributed by atoms with Crippen molar-refractivity contribution in [1.29, 1.82) is 0 Å².